The van der Waals surface area contributed by atoms with Gasteiger partial charge in [0.2, 0.25) is 0 Å². The molecule has 2 heterocycles. The number of rotatable bonds is 6. The van der Waals surface area contributed by atoms with Gasteiger partial charge in [0.05, 0.1) is 27.6 Å². The summed E-state index contributed by atoms with van der Waals surface area (Å²) in [5, 5.41) is 4.84. The molecule has 27 heavy (non-hydrogen) atoms. The van der Waals surface area contributed by atoms with Crippen LogP contribution in [0.1, 0.15) is 20.9 Å². The number of esters is 1. The zero-order valence-electron chi connectivity index (χ0n) is 14.9. The lowest BCUT2D eigenvalue weighted by Gasteiger charge is -2.10. The van der Waals surface area contributed by atoms with Gasteiger partial charge >= 0.3 is 5.97 Å². The van der Waals surface area contributed by atoms with E-state index in [4.69, 9.17) is 18.6 Å². The Bertz CT molecular complexity index is 961. The fourth-order valence-corrected chi connectivity index (χ4v) is 3.50. The summed E-state index contributed by atoms with van der Waals surface area (Å²) in [6, 6.07) is 8.45. The number of benzene rings is 1. The second-order valence-corrected chi connectivity index (χ2v) is 6.23. The number of hydrogen-bond acceptors (Lipinski definition) is 7. The SMILES string of the molecule is COC(=O)c1c(-c2ccc(OC)c(OC)c2)csc1NC(=O)c1ccco1. The molecule has 7 nitrogen and oxygen atoms in total. The highest BCUT2D eigenvalue weighted by Gasteiger charge is 2.24. The highest BCUT2D eigenvalue weighted by molar-refractivity contribution is 7.15. The molecule has 0 unspecified atom stereocenters. The Morgan fingerprint density at radius 1 is 1.07 bits per heavy atom. The van der Waals surface area contributed by atoms with E-state index in [0.29, 0.717) is 22.1 Å². The van der Waals surface area contributed by atoms with E-state index >= 15 is 0 Å². The third-order valence-corrected chi connectivity index (χ3v) is 4.74. The minimum atomic E-state index is -0.559. The van der Waals surface area contributed by atoms with E-state index in [2.05, 4.69) is 5.32 Å². The van der Waals surface area contributed by atoms with E-state index < -0.39 is 11.9 Å². The Labute approximate surface area is 159 Å². The molecule has 0 aliphatic carbocycles. The summed E-state index contributed by atoms with van der Waals surface area (Å²) in [7, 11) is 4.37. The van der Waals surface area contributed by atoms with E-state index in [1.54, 1.807) is 36.8 Å². The highest BCUT2D eigenvalue weighted by atomic mass is 32.1. The molecular formula is C19H17NO6S. The van der Waals surface area contributed by atoms with Crippen LogP contribution in [0.2, 0.25) is 0 Å². The maximum atomic E-state index is 12.4. The maximum absolute atomic E-state index is 12.4. The van der Waals surface area contributed by atoms with E-state index in [0.717, 1.165) is 5.56 Å². The quantitative estimate of drug-likeness (QED) is 0.642. The van der Waals surface area contributed by atoms with Gasteiger partial charge in [-0.1, -0.05) is 6.07 Å². The molecule has 3 rings (SSSR count). The smallest absolute Gasteiger partial charge is 0.341 e. The topological polar surface area (TPSA) is 87.0 Å². The number of thiophene rings is 1. The van der Waals surface area contributed by atoms with E-state index in [9.17, 15) is 9.59 Å². The Hall–Kier alpha value is -3.26. The molecule has 1 aromatic carbocycles. The first-order chi connectivity index (χ1) is 13.1. The predicted molar refractivity (Wildman–Crippen MR) is 101 cm³/mol. The second kappa shape index (κ2) is 7.96. The number of nitrogens with one attached hydrogen (secondary N) is 1. The van der Waals surface area contributed by atoms with Gasteiger partial charge in [-0.2, -0.15) is 0 Å². The third kappa shape index (κ3) is 3.65. The zero-order chi connectivity index (χ0) is 19.4. The lowest BCUT2D eigenvalue weighted by molar-refractivity contribution is 0.0603. The largest absolute Gasteiger partial charge is 0.493 e. The molecule has 0 aliphatic heterocycles. The average molecular weight is 387 g/mol. The molecule has 0 saturated carbocycles. The van der Waals surface area contributed by atoms with Crippen LogP contribution in [0.5, 0.6) is 11.5 Å². The van der Waals surface area contributed by atoms with E-state index in [-0.39, 0.29) is 11.3 Å². The molecule has 0 radical (unpaired) electrons. The van der Waals surface area contributed by atoms with Crippen LogP contribution in [0.3, 0.4) is 0 Å². The highest BCUT2D eigenvalue weighted by Crippen LogP contribution is 2.39. The summed E-state index contributed by atoms with van der Waals surface area (Å²) in [5.74, 6) is 0.231. The third-order valence-electron chi connectivity index (χ3n) is 3.85. The van der Waals surface area contributed by atoms with Crippen LogP contribution in [0.4, 0.5) is 5.00 Å². The minimum absolute atomic E-state index is 0.145. The van der Waals surface area contributed by atoms with Crippen molar-refractivity contribution < 1.29 is 28.2 Å². The van der Waals surface area contributed by atoms with Crippen LogP contribution in [0.15, 0.2) is 46.4 Å². The molecule has 1 amide bonds. The molecule has 0 fully saturated rings. The van der Waals surface area contributed by atoms with Gasteiger partial charge in [0.15, 0.2) is 17.3 Å². The van der Waals surface area contributed by atoms with Crippen molar-refractivity contribution in [3.05, 3.63) is 53.3 Å². The first kappa shape index (κ1) is 18.5. The van der Waals surface area contributed by atoms with Gasteiger partial charge in [0.25, 0.3) is 5.91 Å². The molecule has 140 valence electrons. The van der Waals surface area contributed by atoms with Crippen LogP contribution >= 0.6 is 11.3 Å². The summed E-state index contributed by atoms with van der Waals surface area (Å²) < 4.78 is 20.6. The number of carbonyl (C=O) groups excluding carboxylic acids is 2. The molecule has 0 bridgehead atoms. The maximum Gasteiger partial charge on any atom is 0.341 e. The fraction of sp³-hybridized carbons (Fsp3) is 0.158. The summed E-state index contributed by atoms with van der Waals surface area (Å²) in [4.78, 5) is 24.7. The van der Waals surface area contributed by atoms with Crippen molar-refractivity contribution in [1.29, 1.82) is 0 Å². The number of hydrogen-bond donors (Lipinski definition) is 1. The summed E-state index contributed by atoms with van der Waals surface area (Å²) in [6.45, 7) is 0. The van der Waals surface area contributed by atoms with Gasteiger partial charge < -0.3 is 23.9 Å². The van der Waals surface area contributed by atoms with Gasteiger partial charge in [-0.15, -0.1) is 11.3 Å². The average Bonchev–Trinajstić information content (AvgIpc) is 3.37. The molecule has 8 heteroatoms. The van der Waals surface area contributed by atoms with Crippen molar-refractivity contribution in [1.82, 2.24) is 0 Å². The molecule has 3 aromatic rings. The molecule has 0 aliphatic rings. The number of anilines is 1. The van der Waals surface area contributed by atoms with Gasteiger partial charge in [-0.25, -0.2) is 4.79 Å². The number of methoxy groups -OCH3 is 3. The van der Waals surface area contributed by atoms with Crippen LogP contribution in [0, 0.1) is 0 Å². The summed E-state index contributed by atoms with van der Waals surface area (Å²) in [6.07, 6.45) is 1.40. The van der Waals surface area contributed by atoms with Gasteiger partial charge in [-0.05, 0) is 29.8 Å². The van der Waals surface area contributed by atoms with Crippen molar-refractivity contribution in [2.24, 2.45) is 0 Å². The lowest BCUT2D eigenvalue weighted by Crippen LogP contribution is -2.13. The van der Waals surface area contributed by atoms with Crippen LogP contribution in [-0.2, 0) is 4.74 Å². The first-order valence-electron chi connectivity index (χ1n) is 7.86. The van der Waals surface area contributed by atoms with E-state index in [1.165, 1.54) is 37.9 Å². The number of amides is 1. The molecule has 1 N–H and O–H groups in total. The van der Waals surface area contributed by atoms with E-state index in [1.807, 2.05) is 0 Å². The van der Waals surface area contributed by atoms with Gasteiger partial charge in [0.1, 0.15) is 10.6 Å². The molecular weight excluding hydrogens is 370 g/mol. The monoisotopic (exact) mass is 387 g/mol. The number of carbonyl (C=O) groups is 2. The minimum Gasteiger partial charge on any atom is -0.493 e. The standard InChI is InChI=1S/C19H17NO6S/c1-23-13-7-6-11(9-15(13)24-2)12-10-27-18(16(12)19(22)25-3)20-17(21)14-5-4-8-26-14/h4-10H,1-3H3,(H,20,21). The van der Waals surface area contributed by atoms with Crippen molar-refractivity contribution in [2.45, 2.75) is 0 Å². The predicted octanol–water partition coefficient (Wildman–Crippen LogP) is 4.06. The van der Waals surface area contributed by atoms with Crippen molar-refractivity contribution >= 4 is 28.2 Å². The Morgan fingerprint density at radius 3 is 2.48 bits per heavy atom. The fourth-order valence-electron chi connectivity index (χ4n) is 2.54. The number of ether oxygens (including phenoxy) is 3. The normalized spacial score (nSPS) is 10.3. The second-order valence-electron chi connectivity index (χ2n) is 5.35. The molecule has 2 aromatic heterocycles. The molecule has 0 atom stereocenters. The summed E-state index contributed by atoms with van der Waals surface area (Å²) in [5.41, 5.74) is 1.60. The number of furan rings is 1. The zero-order valence-corrected chi connectivity index (χ0v) is 15.7. The first-order valence-corrected chi connectivity index (χ1v) is 8.74. The van der Waals surface area contributed by atoms with Gasteiger partial charge in [-0.3, -0.25) is 4.79 Å². The van der Waals surface area contributed by atoms with Gasteiger partial charge in [0, 0.05) is 10.9 Å². The van der Waals surface area contributed by atoms with Crippen molar-refractivity contribution in [2.75, 3.05) is 26.6 Å². The van der Waals surface area contributed by atoms with Crippen molar-refractivity contribution in [3.63, 3.8) is 0 Å². The Morgan fingerprint density at radius 2 is 1.85 bits per heavy atom. The van der Waals surface area contributed by atoms with Crippen molar-refractivity contribution in [3.8, 4) is 22.6 Å². The lowest BCUT2D eigenvalue weighted by atomic mass is 10.0. The molecule has 0 spiro atoms. The van der Waals surface area contributed by atoms with Crippen LogP contribution in [0.25, 0.3) is 11.1 Å². The Kier molecular flexibility index (Phi) is 5.46. The Balaban J connectivity index is 2.03. The van der Waals surface area contributed by atoms with Crippen LogP contribution < -0.4 is 14.8 Å². The molecule has 0 saturated heterocycles. The van der Waals surface area contributed by atoms with Crippen LogP contribution in [-0.4, -0.2) is 33.2 Å². The summed E-state index contributed by atoms with van der Waals surface area (Å²) >= 11 is 1.22.